The number of nitrogens with zero attached hydrogens (tertiary/aromatic N) is 1. The molecule has 1 aliphatic heterocycles. The molecule has 1 saturated heterocycles. The lowest BCUT2D eigenvalue weighted by atomic mass is 10.4. The lowest BCUT2D eigenvalue weighted by Crippen LogP contribution is -2.22. The first kappa shape index (κ1) is 5.54. The van der Waals surface area contributed by atoms with Crippen LogP contribution in [0.25, 0.3) is 0 Å². The molecule has 1 fully saturated rings. The van der Waals surface area contributed by atoms with Crippen molar-refractivity contribution in [1.82, 2.24) is 4.90 Å². The van der Waals surface area contributed by atoms with Gasteiger partial charge in [-0.1, -0.05) is 0 Å². The zero-order valence-corrected chi connectivity index (χ0v) is 4.65. The molecule has 0 bridgehead atoms. The fourth-order valence-electron chi connectivity index (χ4n) is 0.913. The summed E-state index contributed by atoms with van der Waals surface area (Å²) < 4.78 is 11.9. The van der Waals surface area contributed by atoms with Gasteiger partial charge in [0, 0.05) is 13.1 Å². The summed E-state index contributed by atoms with van der Waals surface area (Å²) in [5.41, 5.74) is 0. The highest BCUT2D eigenvalue weighted by atomic mass is 19.1. The summed E-state index contributed by atoms with van der Waals surface area (Å²) in [6.07, 6.45) is 1.29. The zero-order valence-electron chi connectivity index (χ0n) is 4.65. The molecule has 0 aromatic rings. The summed E-state index contributed by atoms with van der Waals surface area (Å²) in [6.45, 7) is 1.46. The van der Waals surface area contributed by atoms with Crippen molar-refractivity contribution in [3.8, 4) is 0 Å². The fourth-order valence-corrected chi connectivity index (χ4v) is 0.913. The van der Waals surface area contributed by atoms with E-state index in [1.165, 1.54) is 4.90 Å². The van der Waals surface area contributed by atoms with E-state index in [0.29, 0.717) is 0 Å². The van der Waals surface area contributed by atoms with E-state index < -0.39 is 6.09 Å². The van der Waals surface area contributed by atoms with Crippen LogP contribution >= 0.6 is 0 Å². The number of nitrogens with one attached hydrogen (secondary N) is 1. The molecule has 46 valence electrons. The van der Waals surface area contributed by atoms with E-state index in [-0.39, 0.29) is 0 Å². The molecule has 3 heteroatoms. The fraction of sp³-hybridized carbons (Fsp3) is 0.800. The molecule has 0 unspecified atom stereocenters. The number of rotatable bonds is 0. The number of halogens is 1. The van der Waals surface area contributed by atoms with Gasteiger partial charge in [-0.3, -0.25) is 5.41 Å². The number of hydrogen-bond donors (Lipinski definition) is 1. The number of hydrogen-bond acceptors (Lipinski definition) is 1. The van der Waals surface area contributed by atoms with Gasteiger partial charge in [0.05, 0.1) is 0 Å². The van der Waals surface area contributed by atoms with Gasteiger partial charge in [-0.05, 0) is 12.8 Å². The van der Waals surface area contributed by atoms with Crippen LogP contribution in [0.2, 0.25) is 0 Å². The molecule has 1 N–H and O–H groups in total. The molecule has 1 heterocycles. The molecule has 0 aliphatic carbocycles. The van der Waals surface area contributed by atoms with Crippen molar-refractivity contribution in [1.29, 1.82) is 5.41 Å². The van der Waals surface area contributed by atoms with Crippen LogP contribution in [0.1, 0.15) is 12.8 Å². The zero-order chi connectivity index (χ0) is 5.98. The highest BCUT2D eigenvalue weighted by molar-refractivity contribution is 5.68. The summed E-state index contributed by atoms with van der Waals surface area (Å²) >= 11 is 0. The molecule has 2 nitrogen and oxygen atoms in total. The van der Waals surface area contributed by atoms with Gasteiger partial charge >= 0.3 is 0 Å². The van der Waals surface area contributed by atoms with Crippen LogP contribution in [0.15, 0.2) is 0 Å². The second-order valence-corrected chi connectivity index (χ2v) is 1.98. The summed E-state index contributed by atoms with van der Waals surface area (Å²) in [5, 5.41) is 6.55. The third kappa shape index (κ3) is 0.967. The van der Waals surface area contributed by atoms with Crippen LogP contribution in [0.3, 0.4) is 0 Å². The van der Waals surface area contributed by atoms with E-state index in [1.54, 1.807) is 0 Å². The first-order valence-electron chi connectivity index (χ1n) is 2.80. The molecule has 0 aromatic heterocycles. The van der Waals surface area contributed by atoms with Gasteiger partial charge in [0.2, 0.25) is 0 Å². The van der Waals surface area contributed by atoms with E-state index >= 15 is 0 Å². The maximum Gasteiger partial charge on any atom is 0.277 e. The Kier molecular flexibility index (Phi) is 1.46. The molecule has 0 saturated carbocycles. The summed E-state index contributed by atoms with van der Waals surface area (Å²) in [4.78, 5) is 1.44. The standard InChI is InChI=1S/C5H9FN2/c6-5(7)8-3-1-2-4-8/h7H,1-4H2. The van der Waals surface area contributed by atoms with E-state index in [9.17, 15) is 4.39 Å². The second kappa shape index (κ2) is 2.11. The number of likely N-dealkylation sites (tertiary alicyclic amines) is 1. The van der Waals surface area contributed by atoms with E-state index in [2.05, 4.69) is 0 Å². The van der Waals surface area contributed by atoms with Gasteiger partial charge in [0.25, 0.3) is 6.09 Å². The molecular weight excluding hydrogens is 107 g/mol. The van der Waals surface area contributed by atoms with Crippen LogP contribution in [0.5, 0.6) is 0 Å². The first-order valence-corrected chi connectivity index (χ1v) is 2.80. The maximum atomic E-state index is 11.9. The van der Waals surface area contributed by atoms with Gasteiger partial charge in [0.15, 0.2) is 0 Å². The molecule has 0 spiro atoms. The Morgan fingerprint density at radius 3 is 2.12 bits per heavy atom. The molecular formula is C5H9FN2. The highest BCUT2D eigenvalue weighted by Crippen LogP contribution is 2.07. The van der Waals surface area contributed by atoms with Crippen LogP contribution in [-0.4, -0.2) is 24.1 Å². The van der Waals surface area contributed by atoms with Gasteiger partial charge in [-0.15, -0.1) is 0 Å². The van der Waals surface area contributed by atoms with Gasteiger partial charge < -0.3 is 4.90 Å². The monoisotopic (exact) mass is 116 g/mol. The molecule has 1 rings (SSSR count). The average Bonchev–Trinajstić information content (AvgIpc) is 2.12. The van der Waals surface area contributed by atoms with Crippen molar-refractivity contribution >= 4 is 6.09 Å². The van der Waals surface area contributed by atoms with Gasteiger partial charge in [-0.25, -0.2) is 0 Å². The first-order chi connectivity index (χ1) is 3.80. The largest absolute Gasteiger partial charge is 0.333 e. The number of amidine groups is 1. The van der Waals surface area contributed by atoms with Crippen molar-refractivity contribution in [3.05, 3.63) is 0 Å². The molecule has 0 amide bonds. The van der Waals surface area contributed by atoms with Gasteiger partial charge in [0.1, 0.15) is 0 Å². The van der Waals surface area contributed by atoms with E-state index in [4.69, 9.17) is 5.41 Å². The van der Waals surface area contributed by atoms with Crippen LogP contribution in [0, 0.1) is 5.41 Å². The van der Waals surface area contributed by atoms with Crippen LogP contribution in [-0.2, 0) is 0 Å². The van der Waals surface area contributed by atoms with Crippen LogP contribution < -0.4 is 0 Å². The van der Waals surface area contributed by atoms with Crippen molar-refractivity contribution in [2.45, 2.75) is 12.8 Å². The summed E-state index contributed by atoms with van der Waals surface area (Å²) in [5.74, 6) is 0. The third-order valence-corrected chi connectivity index (χ3v) is 1.38. The summed E-state index contributed by atoms with van der Waals surface area (Å²) in [7, 11) is 0. The highest BCUT2D eigenvalue weighted by Gasteiger charge is 2.13. The Bertz CT molecular complexity index is 96.6. The van der Waals surface area contributed by atoms with E-state index in [1.807, 2.05) is 0 Å². The molecule has 0 aromatic carbocycles. The lowest BCUT2D eigenvalue weighted by molar-refractivity contribution is 0.451. The lowest BCUT2D eigenvalue weighted by Gasteiger charge is -2.09. The normalized spacial score (nSPS) is 19.4. The Morgan fingerprint density at radius 1 is 1.38 bits per heavy atom. The predicted octanol–water partition coefficient (Wildman–Crippen LogP) is 0.986. The minimum atomic E-state index is -0.775. The predicted molar refractivity (Wildman–Crippen MR) is 29.6 cm³/mol. The Morgan fingerprint density at radius 2 is 1.88 bits per heavy atom. The molecule has 8 heavy (non-hydrogen) atoms. The smallest absolute Gasteiger partial charge is 0.277 e. The minimum Gasteiger partial charge on any atom is -0.333 e. The second-order valence-electron chi connectivity index (χ2n) is 1.98. The van der Waals surface area contributed by atoms with Crippen molar-refractivity contribution in [2.75, 3.05) is 13.1 Å². The maximum absolute atomic E-state index is 11.9. The van der Waals surface area contributed by atoms with Crippen LogP contribution in [0.4, 0.5) is 4.39 Å². The summed E-state index contributed by atoms with van der Waals surface area (Å²) in [6, 6.07) is 0. The SMILES string of the molecule is N=C(F)N1CCCC1. The van der Waals surface area contributed by atoms with E-state index in [0.717, 1.165) is 25.9 Å². The van der Waals surface area contributed by atoms with Gasteiger partial charge in [-0.2, -0.15) is 4.39 Å². The van der Waals surface area contributed by atoms with Crippen molar-refractivity contribution < 1.29 is 4.39 Å². The Labute approximate surface area is 47.8 Å². The topological polar surface area (TPSA) is 27.1 Å². The Hall–Kier alpha value is -0.600. The molecule has 0 atom stereocenters. The molecule has 0 radical (unpaired) electrons. The molecule has 1 aliphatic rings. The quantitative estimate of drug-likeness (QED) is 0.285. The minimum absolute atomic E-state index is 0.731. The van der Waals surface area contributed by atoms with Crippen molar-refractivity contribution in [2.24, 2.45) is 0 Å². The third-order valence-electron chi connectivity index (χ3n) is 1.38. The average molecular weight is 116 g/mol. The van der Waals surface area contributed by atoms with Crippen molar-refractivity contribution in [3.63, 3.8) is 0 Å². The Balaban J connectivity index is 2.35.